The minimum atomic E-state index is -0.871. The number of quaternary nitrogens is 1. The highest BCUT2D eigenvalue weighted by atomic mass is 16.6. The van der Waals surface area contributed by atoms with Crippen LogP contribution in [0, 0.1) is 0 Å². The van der Waals surface area contributed by atoms with Crippen LogP contribution in [0.3, 0.4) is 0 Å². The summed E-state index contributed by atoms with van der Waals surface area (Å²) < 4.78 is 17.4. The van der Waals surface area contributed by atoms with Crippen molar-refractivity contribution < 1.29 is 38.2 Å². The Morgan fingerprint density at radius 2 is 0.820 bits per heavy atom. The summed E-state index contributed by atoms with van der Waals surface area (Å²) in [5.74, 6) is -1.45. The second-order valence-electron chi connectivity index (χ2n) is 19.1. The lowest BCUT2D eigenvalue weighted by atomic mass is 10.0. The molecule has 0 aliphatic heterocycles. The molecule has 8 heteroatoms. The normalized spacial score (nSPS) is 12.9. The lowest BCUT2D eigenvalue weighted by molar-refractivity contribution is -0.887. The highest BCUT2D eigenvalue weighted by Crippen LogP contribution is 2.17. The molecule has 0 amide bonds. The van der Waals surface area contributed by atoms with Crippen LogP contribution < -0.4 is 0 Å². The molecule has 360 valence electrons. The Morgan fingerprint density at radius 1 is 0.475 bits per heavy atom. The van der Waals surface area contributed by atoms with Gasteiger partial charge in [0.05, 0.1) is 34.4 Å². The number of carboxylic acid groups (broad SMARTS) is 1. The molecule has 8 nitrogen and oxygen atoms in total. The largest absolute Gasteiger partial charge is 0.477 e. The van der Waals surface area contributed by atoms with E-state index in [9.17, 15) is 19.5 Å². The summed E-state index contributed by atoms with van der Waals surface area (Å²) in [4.78, 5) is 37.2. The van der Waals surface area contributed by atoms with Gasteiger partial charge in [-0.05, 0) is 38.5 Å². The maximum absolute atomic E-state index is 12.8. The van der Waals surface area contributed by atoms with Gasteiger partial charge >= 0.3 is 17.9 Å². The van der Waals surface area contributed by atoms with Gasteiger partial charge in [-0.3, -0.25) is 9.59 Å². The van der Waals surface area contributed by atoms with E-state index in [1.165, 1.54) is 186 Å². The summed E-state index contributed by atoms with van der Waals surface area (Å²) in [6.07, 6.45) is 49.7. The van der Waals surface area contributed by atoms with Crippen LogP contribution in [0.4, 0.5) is 0 Å². The van der Waals surface area contributed by atoms with Crippen LogP contribution in [0.25, 0.3) is 0 Å². The van der Waals surface area contributed by atoms with Gasteiger partial charge in [0.1, 0.15) is 6.61 Å². The predicted octanol–water partition coefficient (Wildman–Crippen LogP) is 15.0. The molecule has 0 saturated carbocycles. The van der Waals surface area contributed by atoms with Gasteiger partial charge in [0.15, 0.2) is 12.1 Å². The molecule has 0 radical (unpaired) electrons. The molecule has 0 aromatic carbocycles. The summed E-state index contributed by atoms with van der Waals surface area (Å²) in [7, 11) is 5.55. The number of hydrogen-bond acceptors (Lipinski definition) is 6. The summed E-state index contributed by atoms with van der Waals surface area (Å²) >= 11 is 0. The van der Waals surface area contributed by atoms with Crippen LogP contribution in [0.2, 0.25) is 0 Å². The Labute approximate surface area is 378 Å². The number of carboxylic acids is 1. The summed E-state index contributed by atoms with van der Waals surface area (Å²) in [6, 6.07) is -0.612. The van der Waals surface area contributed by atoms with Crippen LogP contribution in [0.15, 0.2) is 12.2 Å². The Kier molecular flexibility index (Phi) is 43.3. The first-order valence-electron chi connectivity index (χ1n) is 26.2. The number of allylic oxidation sites excluding steroid dienone is 2. The molecule has 0 aliphatic rings. The van der Waals surface area contributed by atoms with Crippen molar-refractivity contribution in [1.29, 1.82) is 0 Å². The average molecular weight is 865 g/mol. The highest BCUT2D eigenvalue weighted by molar-refractivity contribution is 5.72. The molecule has 0 spiro atoms. The van der Waals surface area contributed by atoms with E-state index in [0.717, 1.165) is 38.5 Å². The van der Waals surface area contributed by atoms with Crippen molar-refractivity contribution >= 4 is 17.9 Å². The van der Waals surface area contributed by atoms with E-state index in [1.807, 2.05) is 21.1 Å². The fourth-order valence-corrected chi connectivity index (χ4v) is 8.09. The molecule has 0 aromatic rings. The van der Waals surface area contributed by atoms with Crippen molar-refractivity contribution in [2.24, 2.45) is 0 Å². The zero-order chi connectivity index (χ0) is 44.9. The minimum absolute atomic E-state index is 0.0459. The zero-order valence-corrected chi connectivity index (χ0v) is 41.1. The monoisotopic (exact) mass is 865 g/mol. The van der Waals surface area contributed by atoms with Gasteiger partial charge in [0.2, 0.25) is 0 Å². The standard InChI is InChI=1S/C53H101NO7/c1-6-8-10-12-14-16-18-20-22-24-26-28-30-32-34-36-38-40-42-44-52(56)61-49(47-59-46-45-50(53(57)58)54(3,4)5)48-60-51(55)43-41-39-37-35-33-31-29-27-25-23-21-19-17-15-13-11-9-7-2/h24,26,49-50H,6-23,25,27-48H2,1-5H3/p+1/b26-24+. The number of ether oxygens (including phenoxy) is 3. The van der Waals surface area contributed by atoms with Gasteiger partial charge in [-0.1, -0.05) is 212 Å². The Balaban J connectivity index is 4.21. The summed E-state index contributed by atoms with van der Waals surface area (Å²) in [5, 5.41) is 9.65. The highest BCUT2D eigenvalue weighted by Gasteiger charge is 2.31. The molecule has 0 aliphatic carbocycles. The quantitative estimate of drug-likeness (QED) is 0.0281. The molecule has 2 unspecified atom stereocenters. The minimum Gasteiger partial charge on any atom is -0.477 e. The first kappa shape index (κ1) is 59.1. The Bertz CT molecular complexity index is 1010. The van der Waals surface area contributed by atoms with Crippen molar-refractivity contribution in [3.63, 3.8) is 0 Å². The maximum Gasteiger partial charge on any atom is 0.362 e. The van der Waals surface area contributed by atoms with E-state index in [-0.39, 0.29) is 36.2 Å². The number of likely N-dealkylation sites (N-methyl/N-ethyl adjacent to an activating group) is 1. The SMILES string of the molecule is CCCCCCCCCC/C=C/CCCCCCCCCC(=O)OC(COCCC(C(=O)O)[N+](C)(C)C)COC(=O)CCCCCCCCCCCCCCCCCCCC. The molecule has 61 heavy (non-hydrogen) atoms. The van der Waals surface area contributed by atoms with Crippen molar-refractivity contribution in [2.75, 3.05) is 41.0 Å². The van der Waals surface area contributed by atoms with E-state index in [1.54, 1.807) is 0 Å². The zero-order valence-electron chi connectivity index (χ0n) is 41.1. The van der Waals surface area contributed by atoms with Gasteiger partial charge in [0, 0.05) is 19.3 Å². The first-order chi connectivity index (χ1) is 29.6. The van der Waals surface area contributed by atoms with Gasteiger partial charge in [-0.15, -0.1) is 0 Å². The third kappa shape index (κ3) is 43.1. The smallest absolute Gasteiger partial charge is 0.362 e. The number of aliphatic carboxylic acids is 1. The number of esters is 2. The van der Waals surface area contributed by atoms with Gasteiger partial charge < -0.3 is 23.8 Å². The van der Waals surface area contributed by atoms with Gasteiger partial charge in [0.25, 0.3) is 0 Å². The van der Waals surface area contributed by atoms with Crippen molar-refractivity contribution in [3.8, 4) is 0 Å². The first-order valence-corrected chi connectivity index (χ1v) is 26.2. The fourth-order valence-electron chi connectivity index (χ4n) is 8.09. The predicted molar refractivity (Wildman–Crippen MR) is 257 cm³/mol. The third-order valence-electron chi connectivity index (χ3n) is 12.2. The molecular formula is C53H102NO7+. The van der Waals surface area contributed by atoms with Crippen LogP contribution in [-0.4, -0.2) is 80.6 Å². The molecule has 1 N–H and O–H groups in total. The van der Waals surface area contributed by atoms with Crippen LogP contribution in [0.5, 0.6) is 0 Å². The van der Waals surface area contributed by atoms with Crippen LogP contribution >= 0.6 is 0 Å². The number of carbonyl (C=O) groups excluding carboxylic acids is 2. The lowest BCUT2D eigenvalue weighted by Gasteiger charge is -2.31. The fraction of sp³-hybridized carbons (Fsp3) is 0.906. The van der Waals surface area contributed by atoms with Crippen LogP contribution in [-0.2, 0) is 28.6 Å². The topological polar surface area (TPSA) is 99.1 Å². The number of carbonyl (C=O) groups is 3. The molecule has 0 bridgehead atoms. The molecule has 0 rings (SSSR count). The summed E-state index contributed by atoms with van der Waals surface area (Å²) in [6.45, 7) is 4.78. The number of unbranched alkanes of at least 4 members (excludes halogenated alkanes) is 32. The van der Waals surface area contributed by atoms with Crippen molar-refractivity contribution in [2.45, 2.75) is 270 Å². The lowest BCUT2D eigenvalue weighted by Crippen LogP contribution is -2.50. The van der Waals surface area contributed by atoms with Gasteiger partial charge in [-0.2, -0.15) is 0 Å². The third-order valence-corrected chi connectivity index (χ3v) is 12.2. The average Bonchev–Trinajstić information content (AvgIpc) is 3.22. The Morgan fingerprint density at radius 3 is 1.18 bits per heavy atom. The summed E-state index contributed by atoms with van der Waals surface area (Å²) in [5.41, 5.74) is 0. The molecular weight excluding hydrogens is 763 g/mol. The second kappa shape index (κ2) is 44.7. The number of nitrogens with zero attached hydrogens (tertiary/aromatic N) is 1. The van der Waals surface area contributed by atoms with Crippen LogP contribution in [0.1, 0.15) is 258 Å². The molecule has 0 fully saturated rings. The second-order valence-corrected chi connectivity index (χ2v) is 19.1. The molecule has 0 saturated heterocycles. The van der Waals surface area contributed by atoms with Gasteiger partial charge in [-0.25, -0.2) is 4.79 Å². The molecule has 2 atom stereocenters. The number of rotatable bonds is 48. The van der Waals surface area contributed by atoms with E-state index in [2.05, 4.69) is 26.0 Å². The van der Waals surface area contributed by atoms with E-state index >= 15 is 0 Å². The van der Waals surface area contributed by atoms with Crippen molar-refractivity contribution in [1.82, 2.24) is 0 Å². The maximum atomic E-state index is 12.8. The molecule has 0 heterocycles. The van der Waals surface area contributed by atoms with E-state index in [0.29, 0.717) is 19.3 Å². The number of hydrogen-bond donors (Lipinski definition) is 1. The van der Waals surface area contributed by atoms with E-state index < -0.39 is 18.1 Å². The van der Waals surface area contributed by atoms with E-state index in [4.69, 9.17) is 14.2 Å². The molecule has 0 aromatic heterocycles. The van der Waals surface area contributed by atoms with Crippen molar-refractivity contribution in [3.05, 3.63) is 12.2 Å². The Hall–Kier alpha value is -1.93.